The van der Waals surface area contributed by atoms with E-state index in [0.29, 0.717) is 0 Å². The van der Waals surface area contributed by atoms with Crippen LogP contribution >= 0.6 is 0 Å². The topological polar surface area (TPSA) is 138 Å². The zero-order chi connectivity index (χ0) is 22.7. The first kappa shape index (κ1) is 21.0. The number of carboxylic acid groups (broad SMARTS) is 1. The molecule has 32 heavy (non-hydrogen) atoms. The highest BCUT2D eigenvalue weighted by molar-refractivity contribution is 5.91. The van der Waals surface area contributed by atoms with Crippen molar-refractivity contribution in [3.63, 3.8) is 0 Å². The van der Waals surface area contributed by atoms with Crippen molar-refractivity contribution in [1.29, 1.82) is 0 Å². The molecule has 4 rings (SSSR count). The molecular formula is C22H21N5O5. The number of benzene rings is 2. The summed E-state index contributed by atoms with van der Waals surface area (Å²) in [6, 6.07) is 16.0. The van der Waals surface area contributed by atoms with E-state index in [1.165, 1.54) is 11.9 Å². The van der Waals surface area contributed by atoms with Crippen LogP contribution in [0.15, 0.2) is 48.5 Å². The summed E-state index contributed by atoms with van der Waals surface area (Å²) >= 11 is 0. The number of amides is 2. The zero-order valence-corrected chi connectivity index (χ0v) is 17.2. The minimum absolute atomic E-state index is 0.0179. The number of aromatic nitrogens is 3. The van der Waals surface area contributed by atoms with Crippen molar-refractivity contribution in [2.75, 3.05) is 25.5 Å². The molecule has 10 heteroatoms. The highest BCUT2D eigenvalue weighted by atomic mass is 16.5. The SMILES string of the molecule is CN(CCC(=O)O)C(=O)c1nc(NC(=O)OCC2c3ccccc3-c3ccccc32)n[nH]1. The predicted octanol–water partition coefficient (Wildman–Crippen LogP) is 2.71. The van der Waals surface area contributed by atoms with Crippen LogP contribution in [-0.2, 0) is 9.53 Å². The molecule has 2 amide bonds. The second-order valence-electron chi connectivity index (χ2n) is 7.33. The first-order chi connectivity index (χ1) is 15.4. The summed E-state index contributed by atoms with van der Waals surface area (Å²) in [5.74, 6) is -1.87. The Balaban J connectivity index is 1.36. The highest BCUT2D eigenvalue weighted by Crippen LogP contribution is 2.44. The first-order valence-electron chi connectivity index (χ1n) is 9.95. The molecule has 0 saturated carbocycles. The van der Waals surface area contributed by atoms with Gasteiger partial charge < -0.3 is 14.7 Å². The molecule has 0 atom stereocenters. The van der Waals surface area contributed by atoms with Crippen molar-refractivity contribution in [3.8, 4) is 11.1 Å². The quantitative estimate of drug-likeness (QED) is 0.519. The molecule has 10 nitrogen and oxygen atoms in total. The number of hydrogen-bond acceptors (Lipinski definition) is 6. The van der Waals surface area contributed by atoms with E-state index >= 15 is 0 Å². The third-order valence-electron chi connectivity index (χ3n) is 5.25. The van der Waals surface area contributed by atoms with Gasteiger partial charge in [0.05, 0.1) is 6.42 Å². The number of rotatable bonds is 7. The van der Waals surface area contributed by atoms with Gasteiger partial charge in [-0.15, -0.1) is 5.10 Å². The molecule has 3 aromatic rings. The molecule has 0 fully saturated rings. The lowest BCUT2D eigenvalue weighted by molar-refractivity contribution is -0.137. The Labute approximate surface area is 183 Å². The van der Waals surface area contributed by atoms with Gasteiger partial charge in [-0.2, -0.15) is 4.98 Å². The molecule has 0 bridgehead atoms. The number of aliphatic carboxylic acids is 1. The maximum Gasteiger partial charge on any atom is 0.414 e. The molecule has 0 unspecified atom stereocenters. The summed E-state index contributed by atoms with van der Waals surface area (Å²) < 4.78 is 5.42. The number of nitrogens with zero attached hydrogens (tertiary/aromatic N) is 3. The Morgan fingerprint density at radius 2 is 1.72 bits per heavy atom. The number of nitrogens with one attached hydrogen (secondary N) is 2. The summed E-state index contributed by atoms with van der Waals surface area (Å²) in [5, 5.41) is 17.3. The maximum atomic E-state index is 12.3. The lowest BCUT2D eigenvalue weighted by Gasteiger charge is -2.14. The molecule has 1 aliphatic rings. The second kappa shape index (κ2) is 8.88. The molecule has 2 aromatic carbocycles. The van der Waals surface area contributed by atoms with Gasteiger partial charge >= 0.3 is 12.1 Å². The summed E-state index contributed by atoms with van der Waals surface area (Å²) in [5.41, 5.74) is 4.44. The van der Waals surface area contributed by atoms with Gasteiger partial charge in [0, 0.05) is 19.5 Å². The average Bonchev–Trinajstić information content (AvgIpc) is 3.38. The molecule has 3 N–H and O–H groups in total. The monoisotopic (exact) mass is 435 g/mol. The van der Waals surface area contributed by atoms with E-state index in [9.17, 15) is 14.4 Å². The van der Waals surface area contributed by atoms with Crippen LogP contribution in [0.2, 0.25) is 0 Å². The van der Waals surface area contributed by atoms with Crippen molar-refractivity contribution in [2.24, 2.45) is 0 Å². The van der Waals surface area contributed by atoms with E-state index in [1.54, 1.807) is 0 Å². The van der Waals surface area contributed by atoms with Crippen molar-refractivity contribution < 1.29 is 24.2 Å². The largest absolute Gasteiger partial charge is 0.481 e. The number of H-pyrrole nitrogens is 1. The van der Waals surface area contributed by atoms with Gasteiger partial charge in [0.1, 0.15) is 6.61 Å². The average molecular weight is 435 g/mol. The van der Waals surface area contributed by atoms with Crippen LogP contribution in [0.25, 0.3) is 11.1 Å². The Kier molecular flexibility index (Phi) is 5.84. The van der Waals surface area contributed by atoms with Crippen molar-refractivity contribution in [3.05, 3.63) is 65.5 Å². The smallest absolute Gasteiger partial charge is 0.414 e. The number of carboxylic acids is 1. The fourth-order valence-corrected chi connectivity index (χ4v) is 3.68. The van der Waals surface area contributed by atoms with Gasteiger partial charge in [-0.05, 0) is 22.3 Å². The summed E-state index contributed by atoms with van der Waals surface area (Å²) in [6.45, 7) is 0.151. The van der Waals surface area contributed by atoms with Crippen LogP contribution in [0.4, 0.5) is 10.7 Å². The fraction of sp³-hybridized carbons (Fsp3) is 0.227. The molecule has 0 aliphatic heterocycles. The van der Waals surface area contributed by atoms with E-state index in [4.69, 9.17) is 9.84 Å². The third-order valence-corrected chi connectivity index (χ3v) is 5.25. The Bertz CT molecular complexity index is 1130. The number of fused-ring (bicyclic) bond motifs is 3. The molecule has 1 aromatic heterocycles. The maximum absolute atomic E-state index is 12.3. The van der Waals surface area contributed by atoms with Crippen LogP contribution in [0.3, 0.4) is 0 Å². The van der Waals surface area contributed by atoms with E-state index < -0.39 is 18.0 Å². The molecule has 1 aliphatic carbocycles. The number of anilines is 1. The lowest BCUT2D eigenvalue weighted by Crippen LogP contribution is -2.29. The molecule has 164 valence electrons. The highest BCUT2D eigenvalue weighted by Gasteiger charge is 2.29. The Hall–Kier alpha value is -4.21. The fourth-order valence-electron chi connectivity index (χ4n) is 3.68. The number of ether oxygens (including phenoxy) is 1. The molecule has 1 heterocycles. The summed E-state index contributed by atoms with van der Waals surface area (Å²) in [7, 11) is 1.45. The number of hydrogen-bond donors (Lipinski definition) is 3. The Morgan fingerprint density at radius 3 is 2.34 bits per heavy atom. The van der Waals surface area contributed by atoms with E-state index in [-0.39, 0.29) is 37.3 Å². The van der Waals surface area contributed by atoms with Crippen LogP contribution in [0, 0.1) is 0 Å². The summed E-state index contributed by atoms with van der Waals surface area (Å²) in [6.07, 6.45) is -0.939. The van der Waals surface area contributed by atoms with E-state index in [1.807, 2.05) is 48.5 Å². The van der Waals surface area contributed by atoms with Gasteiger partial charge in [0.2, 0.25) is 5.82 Å². The third kappa shape index (κ3) is 4.29. The van der Waals surface area contributed by atoms with Gasteiger partial charge in [-0.25, -0.2) is 4.79 Å². The van der Waals surface area contributed by atoms with Gasteiger partial charge in [-0.1, -0.05) is 48.5 Å². The zero-order valence-electron chi connectivity index (χ0n) is 17.2. The number of carbonyl (C=O) groups is 3. The van der Waals surface area contributed by atoms with Crippen molar-refractivity contribution >= 4 is 23.9 Å². The van der Waals surface area contributed by atoms with Crippen LogP contribution in [0.1, 0.15) is 34.1 Å². The van der Waals surface area contributed by atoms with Gasteiger partial charge in [-0.3, -0.25) is 20.0 Å². The number of aromatic amines is 1. The van der Waals surface area contributed by atoms with Gasteiger partial charge in [0.25, 0.3) is 11.9 Å². The van der Waals surface area contributed by atoms with E-state index in [0.717, 1.165) is 22.3 Å². The lowest BCUT2D eigenvalue weighted by atomic mass is 9.98. The minimum atomic E-state index is -1.01. The predicted molar refractivity (Wildman–Crippen MR) is 114 cm³/mol. The van der Waals surface area contributed by atoms with Crippen molar-refractivity contribution in [1.82, 2.24) is 20.1 Å². The van der Waals surface area contributed by atoms with Crippen LogP contribution in [-0.4, -0.2) is 63.4 Å². The number of carbonyl (C=O) groups excluding carboxylic acids is 2. The normalized spacial score (nSPS) is 12.0. The van der Waals surface area contributed by atoms with Gasteiger partial charge in [0.15, 0.2) is 0 Å². The van der Waals surface area contributed by atoms with Crippen LogP contribution in [0.5, 0.6) is 0 Å². The van der Waals surface area contributed by atoms with Crippen LogP contribution < -0.4 is 5.32 Å². The first-order valence-corrected chi connectivity index (χ1v) is 9.95. The van der Waals surface area contributed by atoms with Crippen molar-refractivity contribution in [2.45, 2.75) is 12.3 Å². The van der Waals surface area contributed by atoms with E-state index in [2.05, 4.69) is 20.5 Å². The molecule has 0 spiro atoms. The second-order valence-corrected chi connectivity index (χ2v) is 7.33. The minimum Gasteiger partial charge on any atom is -0.481 e. The molecular weight excluding hydrogens is 414 g/mol. The summed E-state index contributed by atoms with van der Waals surface area (Å²) in [4.78, 5) is 40.3. The molecule has 0 radical (unpaired) electrons. The molecule has 0 saturated heterocycles. The standard InChI is InChI=1S/C22H21N5O5/c1-27(11-10-18(28)29)20(30)19-23-21(26-25-19)24-22(31)32-12-17-15-8-4-2-6-13(15)14-7-3-5-9-16(14)17/h2-9,17H,10-12H2,1H3,(H,28,29)(H2,23,24,25,26,31). The Morgan fingerprint density at radius 1 is 1.09 bits per heavy atom.